The minimum Gasteiger partial charge on any atom is -0.444 e. The van der Waals surface area contributed by atoms with Gasteiger partial charge >= 0.3 is 6.09 Å². The van der Waals surface area contributed by atoms with Gasteiger partial charge in [0.05, 0.1) is 12.2 Å². The highest BCUT2D eigenvalue weighted by Crippen LogP contribution is 2.47. The highest BCUT2D eigenvalue weighted by molar-refractivity contribution is 5.69. The second-order valence-electron chi connectivity index (χ2n) is 9.21. The molecule has 0 aromatic rings. The molecule has 2 saturated carbocycles. The molecular weight excluding hydrogens is 334 g/mol. The van der Waals surface area contributed by atoms with E-state index in [1.807, 2.05) is 25.7 Å². The first kappa shape index (κ1) is 19.9. The van der Waals surface area contributed by atoms with Gasteiger partial charge in [0.15, 0.2) is 0 Å². The van der Waals surface area contributed by atoms with Crippen LogP contribution in [-0.4, -0.2) is 66.8 Å². The molecule has 2 atom stereocenters. The smallest absolute Gasteiger partial charge is 0.410 e. The number of carbonyl (C=O) groups excluding carboxylic acids is 1. The molecule has 0 unspecified atom stereocenters. The molecule has 0 radical (unpaired) electrons. The van der Waals surface area contributed by atoms with Gasteiger partial charge in [0, 0.05) is 32.9 Å². The van der Waals surface area contributed by atoms with Crippen molar-refractivity contribution in [1.82, 2.24) is 4.90 Å². The van der Waals surface area contributed by atoms with Crippen molar-refractivity contribution in [3.63, 3.8) is 0 Å². The van der Waals surface area contributed by atoms with Crippen LogP contribution in [-0.2, 0) is 14.2 Å². The highest BCUT2D eigenvalue weighted by Gasteiger charge is 2.48. The first-order valence-corrected chi connectivity index (χ1v) is 10.2. The van der Waals surface area contributed by atoms with Crippen molar-refractivity contribution in [2.24, 2.45) is 17.8 Å². The van der Waals surface area contributed by atoms with Gasteiger partial charge in [-0.3, -0.25) is 0 Å². The van der Waals surface area contributed by atoms with Crippen molar-refractivity contribution in [3.8, 4) is 0 Å². The fourth-order valence-corrected chi connectivity index (χ4v) is 3.76. The molecule has 150 valence electrons. The van der Waals surface area contributed by atoms with Gasteiger partial charge in [-0.15, -0.1) is 0 Å². The summed E-state index contributed by atoms with van der Waals surface area (Å²) in [6, 6.07) is 0. The fraction of sp³-hybridized carbons (Fsp3) is 0.950. The molecule has 3 rings (SSSR count). The van der Waals surface area contributed by atoms with E-state index in [2.05, 4.69) is 0 Å². The number of hydrogen-bond acceptors (Lipinski definition) is 5. The predicted molar refractivity (Wildman–Crippen MR) is 97.9 cm³/mol. The summed E-state index contributed by atoms with van der Waals surface area (Å²) in [6.45, 7) is 9.81. The Labute approximate surface area is 157 Å². The molecule has 0 aromatic heterocycles. The second-order valence-corrected chi connectivity index (χ2v) is 9.21. The third kappa shape index (κ3) is 5.83. The van der Waals surface area contributed by atoms with Crippen molar-refractivity contribution in [2.75, 3.05) is 32.9 Å². The van der Waals surface area contributed by atoms with Crippen molar-refractivity contribution in [2.45, 2.75) is 70.7 Å². The maximum Gasteiger partial charge on any atom is 0.410 e. The van der Waals surface area contributed by atoms with E-state index in [-0.39, 0.29) is 18.3 Å². The minimum atomic E-state index is -0.414. The SMILES string of the molecule is CC(C)(C)OC(=O)N1CC([C@@H]2C[C@H]2COCCCCOC2CC(O)C2)C1. The number of aliphatic hydroxyl groups is 1. The Morgan fingerprint density at radius 1 is 1.12 bits per heavy atom. The molecule has 2 aliphatic carbocycles. The molecule has 1 N–H and O–H groups in total. The van der Waals surface area contributed by atoms with Gasteiger partial charge in [-0.05, 0) is 70.6 Å². The Kier molecular flexibility index (Phi) is 6.46. The lowest BCUT2D eigenvalue weighted by molar-refractivity contribution is -0.0722. The van der Waals surface area contributed by atoms with Crippen LogP contribution in [0.5, 0.6) is 0 Å². The van der Waals surface area contributed by atoms with Gasteiger partial charge in [-0.1, -0.05) is 0 Å². The van der Waals surface area contributed by atoms with Crippen LogP contribution in [0.25, 0.3) is 0 Å². The van der Waals surface area contributed by atoms with Crippen LogP contribution in [0.3, 0.4) is 0 Å². The third-order valence-electron chi connectivity index (χ3n) is 5.58. The number of amides is 1. The number of aliphatic hydroxyl groups excluding tert-OH is 1. The zero-order valence-corrected chi connectivity index (χ0v) is 16.5. The third-order valence-corrected chi connectivity index (χ3v) is 5.58. The van der Waals surface area contributed by atoms with Crippen molar-refractivity contribution in [3.05, 3.63) is 0 Å². The average molecular weight is 370 g/mol. The van der Waals surface area contributed by atoms with Crippen molar-refractivity contribution >= 4 is 6.09 Å². The number of ether oxygens (including phenoxy) is 3. The van der Waals surface area contributed by atoms with Gasteiger partial charge in [-0.2, -0.15) is 0 Å². The van der Waals surface area contributed by atoms with Crippen molar-refractivity contribution in [1.29, 1.82) is 0 Å². The van der Waals surface area contributed by atoms with E-state index in [1.165, 1.54) is 6.42 Å². The molecular formula is C20H35NO5. The number of hydrogen-bond donors (Lipinski definition) is 1. The monoisotopic (exact) mass is 369 g/mol. The van der Waals surface area contributed by atoms with E-state index >= 15 is 0 Å². The zero-order chi connectivity index (χ0) is 18.7. The standard InChI is InChI=1S/C20H35NO5/c1-20(2,3)26-19(23)21-11-15(12-21)18-8-14(18)13-24-6-4-5-7-25-17-9-16(22)10-17/h14-18,22H,4-13H2,1-3H3/t14-,16?,17?,18+/m0/s1. The summed E-state index contributed by atoms with van der Waals surface area (Å²) in [5.74, 6) is 2.03. The lowest BCUT2D eigenvalue weighted by Crippen LogP contribution is -2.52. The van der Waals surface area contributed by atoms with Gasteiger partial charge in [0.2, 0.25) is 0 Å². The van der Waals surface area contributed by atoms with Gasteiger partial charge in [0.1, 0.15) is 5.60 Å². The molecule has 0 bridgehead atoms. The molecule has 26 heavy (non-hydrogen) atoms. The molecule has 3 fully saturated rings. The maximum atomic E-state index is 11.9. The summed E-state index contributed by atoms with van der Waals surface area (Å²) in [4.78, 5) is 13.8. The first-order valence-electron chi connectivity index (χ1n) is 10.2. The molecule has 1 saturated heterocycles. The summed E-state index contributed by atoms with van der Waals surface area (Å²) in [5.41, 5.74) is -0.414. The topological polar surface area (TPSA) is 68.2 Å². The second kappa shape index (κ2) is 8.44. The van der Waals surface area contributed by atoms with Crippen LogP contribution in [0, 0.1) is 17.8 Å². The van der Waals surface area contributed by atoms with Crippen molar-refractivity contribution < 1.29 is 24.1 Å². The van der Waals surface area contributed by atoms with E-state index in [0.717, 1.165) is 64.5 Å². The van der Waals surface area contributed by atoms with Crippen LogP contribution in [0.4, 0.5) is 4.79 Å². The largest absolute Gasteiger partial charge is 0.444 e. The molecule has 0 aromatic carbocycles. The molecule has 3 aliphatic rings. The summed E-state index contributed by atoms with van der Waals surface area (Å²) >= 11 is 0. The van der Waals surface area contributed by atoms with E-state index < -0.39 is 5.60 Å². The predicted octanol–water partition coefficient (Wildman–Crippen LogP) is 2.83. The van der Waals surface area contributed by atoms with Crippen LogP contribution in [0.1, 0.15) is 52.9 Å². The Hall–Kier alpha value is -0.850. The molecule has 6 nitrogen and oxygen atoms in total. The van der Waals surface area contributed by atoms with E-state index in [4.69, 9.17) is 14.2 Å². The normalized spacial score (nSPS) is 31.3. The first-order chi connectivity index (χ1) is 12.3. The summed E-state index contributed by atoms with van der Waals surface area (Å²) < 4.78 is 16.9. The Balaban J connectivity index is 1.14. The summed E-state index contributed by atoms with van der Waals surface area (Å²) in [7, 11) is 0. The van der Waals surface area contributed by atoms with Gasteiger partial charge < -0.3 is 24.2 Å². The number of carbonyl (C=O) groups is 1. The Morgan fingerprint density at radius 2 is 1.81 bits per heavy atom. The van der Waals surface area contributed by atoms with Gasteiger partial charge in [-0.25, -0.2) is 4.79 Å². The van der Waals surface area contributed by atoms with Crippen LogP contribution in [0.15, 0.2) is 0 Å². The van der Waals surface area contributed by atoms with E-state index in [1.54, 1.807) is 0 Å². The Bertz CT molecular complexity index is 465. The van der Waals surface area contributed by atoms with Crippen LogP contribution in [0.2, 0.25) is 0 Å². The number of likely N-dealkylation sites (tertiary alicyclic amines) is 1. The quantitative estimate of drug-likeness (QED) is 0.633. The zero-order valence-electron chi connectivity index (χ0n) is 16.5. The lowest BCUT2D eigenvalue weighted by Gasteiger charge is -2.40. The number of rotatable bonds is 9. The lowest BCUT2D eigenvalue weighted by atomic mass is 9.92. The van der Waals surface area contributed by atoms with Crippen LogP contribution >= 0.6 is 0 Å². The molecule has 6 heteroatoms. The summed E-state index contributed by atoms with van der Waals surface area (Å²) in [5, 5.41) is 9.19. The van der Waals surface area contributed by atoms with E-state index in [9.17, 15) is 9.90 Å². The minimum absolute atomic E-state index is 0.137. The molecule has 1 aliphatic heterocycles. The Morgan fingerprint density at radius 3 is 2.46 bits per heavy atom. The average Bonchev–Trinajstić information content (AvgIpc) is 3.19. The highest BCUT2D eigenvalue weighted by atomic mass is 16.6. The van der Waals surface area contributed by atoms with E-state index in [0.29, 0.717) is 11.8 Å². The van der Waals surface area contributed by atoms with Crippen LogP contribution < -0.4 is 0 Å². The molecule has 1 heterocycles. The maximum absolute atomic E-state index is 11.9. The molecule has 1 amide bonds. The molecule has 0 spiro atoms. The fourth-order valence-electron chi connectivity index (χ4n) is 3.76. The number of unbranched alkanes of at least 4 members (excludes halogenated alkanes) is 1. The van der Waals surface area contributed by atoms with Gasteiger partial charge in [0.25, 0.3) is 0 Å². The number of nitrogens with zero attached hydrogens (tertiary/aromatic N) is 1. The summed E-state index contributed by atoms with van der Waals surface area (Å²) in [6.07, 6.45) is 4.85.